The summed E-state index contributed by atoms with van der Waals surface area (Å²) in [6, 6.07) is 2.62. The Morgan fingerprint density at radius 2 is 2.00 bits per heavy atom. The number of nitrogens with zero attached hydrogens (tertiary/aromatic N) is 4. The highest BCUT2D eigenvalue weighted by atomic mass is 16.1. The molecule has 2 aromatic rings. The van der Waals surface area contributed by atoms with Gasteiger partial charge in [-0.05, 0) is 32.8 Å². The zero-order chi connectivity index (χ0) is 14.8. The molecule has 0 amide bonds. The molecule has 0 saturated heterocycles. The maximum atomic E-state index is 11.1. The monoisotopic (exact) mass is 286 g/mol. The highest BCUT2D eigenvalue weighted by molar-refractivity contribution is 5.78. The Balaban J connectivity index is 1.76. The Bertz CT molecular complexity index is 635. The second kappa shape index (κ2) is 5.84. The molecule has 1 aliphatic carbocycles. The number of aromatic nitrogens is 4. The molecule has 5 nitrogen and oxygen atoms in total. The Hall–Kier alpha value is -1.91. The van der Waals surface area contributed by atoms with Crippen LogP contribution in [0.1, 0.15) is 65.6 Å². The first-order chi connectivity index (χ1) is 10.2. The molecule has 0 aliphatic heterocycles. The molecule has 21 heavy (non-hydrogen) atoms. The summed E-state index contributed by atoms with van der Waals surface area (Å²) >= 11 is 0. The maximum absolute atomic E-state index is 11.1. The zero-order valence-corrected chi connectivity index (χ0v) is 12.7. The first-order valence-electron chi connectivity index (χ1n) is 7.72. The van der Waals surface area contributed by atoms with Crippen molar-refractivity contribution in [1.82, 2.24) is 19.6 Å². The summed E-state index contributed by atoms with van der Waals surface area (Å²) in [5.41, 5.74) is 3.40. The van der Waals surface area contributed by atoms with Crippen LogP contribution in [0, 0.1) is 13.8 Å². The first kappa shape index (κ1) is 14.0. The fraction of sp³-hybridized carbons (Fsp3) is 0.562. The fourth-order valence-corrected chi connectivity index (χ4v) is 3.20. The predicted octanol–water partition coefficient (Wildman–Crippen LogP) is 3.06. The van der Waals surface area contributed by atoms with E-state index >= 15 is 0 Å². The van der Waals surface area contributed by atoms with Gasteiger partial charge in [-0.3, -0.25) is 14.2 Å². The molecule has 2 aromatic heterocycles. The molecule has 112 valence electrons. The number of aryl methyl sites for hydroxylation is 1. The summed E-state index contributed by atoms with van der Waals surface area (Å²) < 4.78 is 3.98. The van der Waals surface area contributed by atoms with Crippen molar-refractivity contribution in [2.75, 3.05) is 0 Å². The van der Waals surface area contributed by atoms with E-state index in [9.17, 15) is 4.79 Å². The van der Waals surface area contributed by atoms with E-state index in [1.165, 1.54) is 32.1 Å². The Morgan fingerprint density at radius 1 is 1.24 bits per heavy atom. The minimum atomic E-state index is 0.554. The van der Waals surface area contributed by atoms with Crippen molar-refractivity contribution in [3.8, 4) is 0 Å². The summed E-state index contributed by atoms with van der Waals surface area (Å²) in [5.74, 6) is 0. The highest BCUT2D eigenvalue weighted by Crippen LogP contribution is 2.27. The van der Waals surface area contributed by atoms with Crippen LogP contribution in [0.4, 0.5) is 0 Å². The van der Waals surface area contributed by atoms with Gasteiger partial charge in [0.2, 0.25) is 0 Å². The lowest BCUT2D eigenvalue weighted by molar-refractivity contribution is 0.112. The van der Waals surface area contributed by atoms with Gasteiger partial charge >= 0.3 is 0 Å². The van der Waals surface area contributed by atoms with Crippen LogP contribution >= 0.6 is 0 Å². The van der Waals surface area contributed by atoms with Gasteiger partial charge < -0.3 is 0 Å². The number of hydrogen-bond acceptors (Lipinski definition) is 3. The van der Waals surface area contributed by atoms with Crippen molar-refractivity contribution in [2.45, 2.75) is 58.5 Å². The van der Waals surface area contributed by atoms with E-state index < -0.39 is 0 Å². The van der Waals surface area contributed by atoms with Crippen molar-refractivity contribution in [3.05, 3.63) is 34.9 Å². The number of carbonyl (C=O) groups excluding carboxylic acids is 1. The van der Waals surface area contributed by atoms with Crippen LogP contribution in [0.5, 0.6) is 0 Å². The molecule has 0 spiro atoms. The third-order valence-corrected chi connectivity index (χ3v) is 4.48. The molecule has 0 N–H and O–H groups in total. The topological polar surface area (TPSA) is 52.7 Å². The van der Waals surface area contributed by atoms with Gasteiger partial charge in [0.05, 0.1) is 29.5 Å². The molecule has 1 saturated carbocycles. The minimum absolute atomic E-state index is 0.554. The Morgan fingerprint density at radius 3 is 2.67 bits per heavy atom. The lowest BCUT2D eigenvalue weighted by Crippen LogP contribution is -2.14. The van der Waals surface area contributed by atoms with E-state index in [-0.39, 0.29) is 0 Å². The molecule has 0 aromatic carbocycles. The van der Waals surface area contributed by atoms with Crippen LogP contribution in [-0.2, 0) is 6.54 Å². The van der Waals surface area contributed by atoms with Crippen LogP contribution in [0.15, 0.2) is 12.3 Å². The molecule has 0 unspecified atom stereocenters. The maximum Gasteiger partial charge on any atom is 0.153 e. The lowest BCUT2D eigenvalue weighted by Gasteiger charge is -2.21. The average molecular weight is 286 g/mol. The molecule has 0 bridgehead atoms. The van der Waals surface area contributed by atoms with Gasteiger partial charge in [-0.15, -0.1) is 0 Å². The molecule has 2 heterocycles. The third kappa shape index (κ3) is 2.77. The normalized spacial score (nSPS) is 16.3. The van der Waals surface area contributed by atoms with Crippen LogP contribution in [0.3, 0.4) is 0 Å². The minimum Gasteiger partial charge on any atom is -0.298 e. The molecule has 1 fully saturated rings. The van der Waals surface area contributed by atoms with Crippen molar-refractivity contribution in [3.63, 3.8) is 0 Å². The molecule has 3 rings (SSSR count). The second-order valence-corrected chi connectivity index (χ2v) is 5.94. The zero-order valence-electron chi connectivity index (χ0n) is 12.7. The second-order valence-electron chi connectivity index (χ2n) is 5.94. The van der Waals surface area contributed by atoms with Gasteiger partial charge in [0, 0.05) is 11.9 Å². The Labute approximate surface area is 125 Å². The van der Waals surface area contributed by atoms with Gasteiger partial charge in [0.25, 0.3) is 0 Å². The lowest BCUT2D eigenvalue weighted by atomic mass is 9.96. The van der Waals surface area contributed by atoms with E-state index in [1.807, 2.05) is 18.5 Å². The molecular weight excluding hydrogens is 264 g/mol. The van der Waals surface area contributed by atoms with Gasteiger partial charge in [-0.2, -0.15) is 10.2 Å². The third-order valence-electron chi connectivity index (χ3n) is 4.48. The van der Waals surface area contributed by atoms with Crippen LogP contribution in [-0.4, -0.2) is 25.8 Å². The predicted molar refractivity (Wildman–Crippen MR) is 80.5 cm³/mol. The summed E-state index contributed by atoms with van der Waals surface area (Å²) in [6.07, 6.45) is 9.39. The number of carbonyl (C=O) groups is 1. The van der Waals surface area contributed by atoms with E-state index in [0.717, 1.165) is 23.4 Å². The van der Waals surface area contributed by atoms with Crippen LogP contribution in [0.25, 0.3) is 0 Å². The molecule has 1 aliphatic rings. The SMILES string of the molecule is Cc1nn(Cc2ccn(C3CCCCC3)n2)c(C)c1C=O. The van der Waals surface area contributed by atoms with Gasteiger partial charge in [0.15, 0.2) is 6.29 Å². The van der Waals surface area contributed by atoms with Gasteiger partial charge in [0.1, 0.15) is 0 Å². The Kier molecular flexibility index (Phi) is 3.90. The molecule has 0 atom stereocenters. The van der Waals surface area contributed by atoms with E-state index in [4.69, 9.17) is 5.10 Å². The molecule has 0 radical (unpaired) electrons. The quantitative estimate of drug-likeness (QED) is 0.812. The van der Waals surface area contributed by atoms with E-state index in [0.29, 0.717) is 18.2 Å². The van der Waals surface area contributed by atoms with Crippen LogP contribution < -0.4 is 0 Å². The summed E-state index contributed by atoms with van der Waals surface area (Å²) in [7, 11) is 0. The van der Waals surface area contributed by atoms with Crippen LogP contribution in [0.2, 0.25) is 0 Å². The smallest absolute Gasteiger partial charge is 0.153 e. The molecule has 5 heteroatoms. The fourth-order valence-electron chi connectivity index (χ4n) is 3.20. The first-order valence-corrected chi connectivity index (χ1v) is 7.72. The van der Waals surface area contributed by atoms with E-state index in [2.05, 4.69) is 22.0 Å². The van der Waals surface area contributed by atoms with Gasteiger partial charge in [-0.1, -0.05) is 19.3 Å². The average Bonchev–Trinajstić information content (AvgIpc) is 3.06. The van der Waals surface area contributed by atoms with Crippen molar-refractivity contribution in [2.24, 2.45) is 0 Å². The number of aldehydes is 1. The largest absolute Gasteiger partial charge is 0.298 e. The number of rotatable bonds is 4. The van der Waals surface area contributed by atoms with Crippen molar-refractivity contribution < 1.29 is 4.79 Å². The van der Waals surface area contributed by atoms with E-state index in [1.54, 1.807) is 0 Å². The highest BCUT2D eigenvalue weighted by Gasteiger charge is 2.17. The molecular formula is C16H22N4O. The van der Waals surface area contributed by atoms with Gasteiger partial charge in [-0.25, -0.2) is 0 Å². The number of hydrogen-bond donors (Lipinski definition) is 0. The summed E-state index contributed by atoms with van der Waals surface area (Å²) in [5, 5.41) is 9.14. The summed E-state index contributed by atoms with van der Waals surface area (Å²) in [4.78, 5) is 11.1. The van der Waals surface area contributed by atoms with Crippen molar-refractivity contribution in [1.29, 1.82) is 0 Å². The standard InChI is InChI=1S/C16H22N4O/c1-12-16(11-21)13(2)20(17-12)10-14-8-9-19(18-14)15-6-4-3-5-7-15/h8-9,11,15H,3-7,10H2,1-2H3. The van der Waals surface area contributed by atoms with Crippen molar-refractivity contribution >= 4 is 6.29 Å². The summed E-state index contributed by atoms with van der Waals surface area (Å²) in [6.45, 7) is 4.43.